The molecular formula is C13H16N4O. The molecule has 1 heterocycles. The minimum Gasteiger partial charge on any atom is -0.323 e. The lowest BCUT2D eigenvalue weighted by Gasteiger charge is -2.19. The van der Waals surface area contributed by atoms with Gasteiger partial charge in [0, 0.05) is 12.2 Å². The van der Waals surface area contributed by atoms with Crippen LogP contribution in [0.25, 0.3) is 0 Å². The molecule has 0 aliphatic heterocycles. The van der Waals surface area contributed by atoms with Crippen LogP contribution in [0, 0.1) is 5.92 Å². The molecule has 0 aliphatic carbocycles. The Kier molecular flexibility index (Phi) is 3.74. The zero-order valence-electron chi connectivity index (χ0n) is 10.1. The quantitative estimate of drug-likeness (QED) is 0.765. The van der Waals surface area contributed by atoms with Crippen molar-refractivity contribution in [2.24, 2.45) is 11.7 Å². The standard InChI is InChI=1S/C13H16N4O/c1-9(12(14)10-5-3-2-4-6-10)13(18)17-11-7-15-16-8-11/h2-9,12H,14H2,1H3,(H,15,16)(H,17,18). The normalized spacial score (nSPS) is 13.9. The van der Waals surface area contributed by atoms with Crippen LogP contribution in [0.2, 0.25) is 0 Å². The van der Waals surface area contributed by atoms with E-state index in [0.29, 0.717) is 5.69 Å². The molecule has 0 spiro atoms. The molecule has 2 aromatic rings. The van der Waals surface area contributed by atoms with Crippen LogP contribution < -0.4 is 11.1 Å². The fourth-order valence-electron chi connectivity index (χ4n) is 1.70. The summed E-state index contributed by atoms with van der Waals surface area (Å²) in [6.45, 7) is 1.81. The van der Waals surface area contributed by atoms with Gasteiger partial charge < -0.3 is 11.1 Å². The molecule has 5 heteroatoms. The Morgan fingerprint density at radius 2 is 2.11 bits per heavy atom. The Hall–Kier alpha value is -2.14. The van der Waals surface area contributed by atoms with Gasteiger partial charge in [-0.25, -0.2) is 0 Å². The molecule has 4 N–H and O–H groups in total. The fourth-order valence-corrected chi connectivity index (χ4v) is 1.70. The summed E-state index contributed by atoms with van der Waals surface area (Å²) in [5.41, 5.74) is 7.68. The molecule has 5 nitrogen and oxygen atoms in total. The van der Waals surface area contributed by atoms with Crippen molar-refractivity contribution in [3.05, 3.63) is 48.3 Å². The van der Waals surface area contributed by atoms with Crippen molar-refractivity contribution in [2.75, 3.05) is 5.32 Å². The molecule has 1 amide bonds. The first kappa shape index (κ1) is 12.3. The Morgan fingerprint density at radius 3 is 2.72 bits per heavy atom. The first-order valence-electron chi connectivity index (χ1n) is 5.78. The summed E-state index contributed by atoms with van der Waals surface area (Å²) in [5.74, 6) is -0.435. The van der Waals surface area contributed by atoms with E-state index >= 15 is 0 Å². The second-order valence-electron chi connectivity index (χ2n) is 4.20. The molecule has 0 aliphatic rings. The predicted octanol–water partition coefficient (Wildman–Crippen LogP) is 1.68. The molecule has 0 fully saturated rings. The van der Waals surface area contributed by atoms with Crippen LogP contribution >= 0.6 is 0 Å². The van der Waals surface area contributed by atoms with Crippen molar-refractivity contribution in [3.63, 3.8) is 0 Å². The van der Waals surface area contributed by atoms with Crippen LogP contribution in [-0.2, 0) is 4.79 Å². The third kappa shape index (κ3) is 2.75. The number of nitrogens with zero attached hydrogens (tertiary/aromatic N) is 1. The number of nitrogens with two attached hydrogens (primary N) is 1. The van der Waals surface area contributed by atoms with Crippen LogP contribution in [0.5, 0.6) is 0 Å². The molecule has 0 bridgehead atoms. The highest BCUT2D eigenvalue weighted by atomic mass is 16.1. The molecule has 1 aromatic carbocycles. The van der Waals surface area contributed by atoms with Gasteiger partial charge in [0.1, 0.15) is 0 Å². The lowest BCUT2D eigenvalue weighted by atomic mass is 9.95. The number of rotatable bonds is 4. The van der Waals surface area contributed by atoms with E-state index in [1.165, 1.54) is 0 Å². The van der Waals surface area contributed by atoms with Crippen LogP contribution in [-0.4, -0.2) is 16.1 Å². The van der Waals surface area contributed by atoms with Gasteiger partial charge in [0.05, 0.1) is 17.8 Å². The van der Waals surface area contributed by atoms with Gasteiger partial charge in [0.25, 0.3) is 0 Å². The average Bonchev–Trinajstić information content (AvgIpc) is 2.91. The minimum absolute atomic E-state index is 0.118. The van der Waals surface area contributed by atoms with E-state index in [1.54, 1.807) is 12.4 Å². The van der Waals surface area contributed by atoms with E-state index < -0.39 is 0 Å². The largest absolute Gasteiger partial charge is 0.323 e. The molecule has 2 rings (SSSR count). The summed E-state index contributed by atoms with van der Waals surface area (Å²) in [5, 5.41) is 9.17. The van der Waals surface area contributed by atoms with Crippen molar-refractivity contribution in [1.29, 1.82) is 0 Å². The Morgan fingerprint density at radius 1 is 1.39 bits per heavy atom. The third-order valence-corrected chi connectivity index (χ3v) is 2.90. The summed E-state index contributed by atoms with van der Waals surface area (Å²) in [4.78, 5) is 12.0. The summed E-state index contributed by atoms with van der Waals surface area (Å²) >= 11 is 0. The van der Waals surface area contributed by atoms with Crippen molar-refractivity contribution in [1.82, 2.24) is 10.2 Å². The number of benzene rings is 1. The lowest BCUT2D eigenvalue weighted by Crippen LogP contribution is -2.30. The van der Waals surface area contributed by atoms with Gasteiger partial charge >= 0.3 is 0 Å². The molecule has 0 radical (unpaired) electrons. The van der Waals surface area contributed by atoms with Crippen LogP contribution in [0.1, 0.15) is 18.5 Å². The summed E-state index contributed by atoms with van der Waals surface area (Å²) in [6, 6.07) is 9.27. The van der Waals surface area contributed by atoms with Gasteiger partial charge in [-0.05, 0) is 5.56 Å². The number of amides is 1. The van der Waals surface area contributed by atoms with Crippen LogP contribution in [0.4, 0.5) is 5.69 Å². The van der Waals surface area contributed by atoms with Crippen molar-refractivity contribution in [2.45, 2.75) is 13.0 Å². The lowest BCUT2D eigenvalue weighted by molar-refractivity contribution is -0.120. The molecule has 0 saturated carbocycles. The van der Waals surface area contributed by atoms with E-state index in [4.69, 9.17) is 5.73 Å². The average molecular weight is 244 g/mol. The molecule has 2 atom stereocenters. The van der Waals surface area contributed by atoms with E-state index in [2.05, 4.69) is 15.5 Å². The van der Waals surface area contributed by atoms with Crippen LogP contribution in [0.3, 0.4) is 0 Å². The smallest absolute Gasteiger partial charge is 0.229 e. The zero-order valence-corrected chi connectivity index (χ0v) is 10.1. The zero-order chi connectivity index (χ0) is 13.0. The molecule has 2 unspecified atom stereocenters. The van der Waals surface area contributed by atoms with Gasteiger partial charge in [-0.2, -0.15) is 5.10 Å². The highest BCUT2D eigenvalue weighted by molar-refractivity contribution is 5.92. The third-order valence-electron chi connectivity index (χ3n) is 2.90. The highest BCUT2D eigenvalue weighted by Crippen LogP contribution is 2.20. The number of nitrogens with one attached hydrogen (secondary N) is 2. The van der Waals surface area contributed by atoms with Crippen molar-refractivity contribution in [3.8, 4) is 0 Å². The van der Waals surface area contributed by atoms with E-state index in [-0.39, 0.29) is 17.9 Å². The topological polar surface area (TPSA) is 83.8 Å². The van der Waals surface area contributed by atoms with Gasteiger partial charge in [0.2, 0.25) is 5.91 Å². The van der Waals surface area contributed by atoms with Crippen LogP contribution in [0.15, 0.2) is 42.7 Å². The fraction of sp³-hybridized carbons (Fsp3) is 0.231. The van der Waals surface area contributed by atoms with Gasteiger partial charge in [-0.15, -0.1) is 0 Å². The maximum atomic E-state index is 12.0. The molecule has 0 saturated heterocycles. The first-order chi connectivity index (χ1) is 8.68. The number of hydrogen-bond donors (Lipinski definition) is 3. The maximum absolute atomic E-state index is 12.0. The Labute approximate surface area is 105 Å². The number of aromatic amines is 1. The van der Waals surface area contributed by atoms with Crippen molar-refractivity contribution >= 4 is 11.6 Å². The van der Waals surface area contributed by atoms with Gasteiger partial charge in [-0.1, -0.05) is 37.3 Å². The van der Waals surface area contributed by atoms with E-state index in [1.807, 2.05) is 37.3 Å². The summed E-state index contributed by atoms with van der Waals surface area (Å²) in [6.07, 6.45) is 3.18. The number of carbonyl (C=O) groups is 1. The first-order valence-corrected chi connectivity index (χ1v) is 5.78. The Balaban J connectivity index is 2.02. The number of H-pyrrole nitrogens is 1. The second kappa shape index (κ2) is 5.46. The Bertz CT molecular complexity index is 495. The number of hydrogen-bond acceptors (Lipinski definition) is 3. The SMILES string of the molecule is CC(C(=O)Nc1cn[nH]c1)C(N)c1ccccc1. The van der Waals surface area contributed by atoms with E-state index in [9.17, 15) is 4.79 Å². The van der Waals surface area contributed by atoms with Gasteiger partial charge in [-0.3, -0.25) is 9.89 Å². The maximum Gasteiger partial charge on any atom is 0.229 e. The molecule has 1 aromatic heterocycles. The van der Waals surface area contributed by atoms with Crippen molar-refractivity contribution < 1.29 is 4.79 Å². The minimum atomic E-state index is -0.321. The summed E-state index contributed by atoms with van der Waals surface area (Å²) in [7, 11) is 0. The van der Waals surface area contributed by atoms with Gasteiger partial charge in [0.15, 0.2) is 0 Å². The van der Waals surface area contributed by atoms with E-state index in [0.717, 1.165) is 5.56 Å². The predicted molar refractivity (Wildman–Crippen MR) is 69.8 cm³/mol. The molecule has 18 heavy (non-hydrogen) atoms. The monoisotopic (exact) mass is 244 g/mol. The highest BCUT2D eigenvalue weighted by Gasteiger charge is 2.22. The number of anilines is 1. The number of aromatic nitrogens is 2. The second-order valence-corrected chi connectivity index (χ2v) is 4.20. The molecule has 94 valence electrons. The summed E-state index contributed by atoms with van der Waals surface area (Å²) < 4.78 is 0. The molecular weight excluding hydrogens is 228 g/mol. The number of carbonyl (C=O) groups excluding carboxylic acids is 1.